The lowest BCUT2D eigenvalue weighted by atomic mass is 10.2. The van der Waals surface area contributed by atoms with Crippen molar-refractivity contribution < 1.29 is 27.6 Å². The van der Waals surface area contributed by atoms with Crippen LogP contribution in [0.2, 0.25) is 0 Å². The molecule has 1 aromatic carbocycles. The minimum atomic E-state index is -4.67. The van der Waals surface area contributed by atoms with Crippen molar-refractivity contribution in [3.63, 3.8) is 0 Å². The van der Waals surface area contributed by atoms with E-state index < -0.39 is 15.3 Å². The van der Waals surface area contributed by atoms with Gasteiger partial charge in [-0.25, -0.2) is 0 Å². The van der Waals surface area contributed by atoms with E-state index in [0.717, 1.165) is 0 Å². The largest absolute Gasteiger partial charge is 0.502 e. The molecule has 0 aromatic heterocycles. The van der Waals surface area contributed by atoms with Gasteiger partial charge in [-0.2, -0.15) is 8.42 Å². The Morgan fingerprint density at radius 2 is 1.82 bits per heavy atom. The molecular weight excluding hydrogens is 256 g/mol. The summed E-state index contributed by atoms with van der Waals surface area (Å²) in [6, 6.07) is 4.07. The van der Waals surface area contributed by atoms with Crippen LogP contribution in [0.25, 0.3) is 0 Å². The summed E-state index contributed by atoms with van der Waals surface area (Å²) in [5.74, 6) is -0.336. The molecule has 10 heteroatoms. The molecule has 1 aromatic rings. The van der Waals surface area contributed by atoms with Gasteiger partial charge in [0, 0.05) is 12.6 Å². The van der Waals surface area contributed by atoms with Gasteiger partial charge in [0.1, 0.15) is 0 Å². The second kappa shape index (κ2) is 6.10. The van der Waals surface area contributed by atoms with Crippen LogP contribution in [0.1, 0.15) is 5.56 Å². The number of phenolic OH excluding ortho intramolecular Hbond substituents is 1. The van der Waals surface area contributed by atoms with Crippen molar-refractivity contribution >= 4 is 16.1 Å². The molecule has 0 saturated heterocycles. The summed E-state index contributed by atoms with van der Waals surface area (Å²) in [6.07, 6.45) is 0. The van der Waals surface area contributed by atoms with E-state index in [1.807, 2.05) is 0 Å². The molecule has 0 aliphatic carbocycles. The number of aromatic hydroxyl groups is 1. The van der Waals surface area contributed by atoms with Gasteiger partial charge in [0.2, 0.25) is 0 Å². The standard InChI is InChI=1S/C7H8N2O3.H2O4S/c8-4-5-1-2-7(10)6(3-5)9(11)12;1-5(2,3)4/h1-3,10H,4,8H2;(H2,1,2,3,4). The van der Waals surface area contributed by atoms with E-state index in [-0.39, 0.29) is 18.0 Å². The van der Waals surface area contributed by atoms with E-state index >= 15 is 0 Å². The van der Waals surface area contributed by atoms with E-state index in [4.69, 9.17) is 28.4 Å². The zero-order valence-corrected chi connectivity index (χ0v) is 9.16. The lowest BCUT2D eigenvalue weighted by molar-refractivity contribution is -0.385. The minimum absolute atomic E-state index is 0.223. The van der Waals surface area contributed by atoms with Crippen molar-refractivity contribution in [2.24, 2.45) is 5.73 Å². The average molecular weight is 266 g/mol. The Hall–Kier alpha value is -1.75. The summed E-state index contributed by atoms with van der Waals surface area (Å²) < 4.78 is 31.6. The molecule has 0 spiro atoms. The maximum absolute atomic E-state index is 10.3. The lowest BCUT2D eigenvalue weighted by Crippen LogP contribution is -1.97. The second-order valence-electron chi connectivity index (χ2n) is 2.73. The third kappa shape index (κ3) is 7.19. The third-order valence-electron chi connectivity index (χ3n) is 1.47. The van der Waals surface area contributed by atoms with Gasteiger partial charge in [-0.1, -0.05) is 6.07 Å². The zero-order valence-electron chi connectivity index (χ0n) is 8.35. The number of hydrogen-bond acceptors (Lipinski definition) is 6. The quantitative estimate of drug-likeness (QED) is 0.332. The normalized spacial score (nSPS) is 10.3. The molecule has 0 fully saturated rings. The molecule has 5 N–H and O–H groups in total. The highest BCUT2D eigenvalue weighted by molar-refractivity contribution is 7.79. The third-order valence-corrected chi connectivity index (χ3v) is 1.47. The van der Waals surface area contributed by atoms with Gasteiger partial charge in [-0.15, -0.1) is 0 Å². The molecule has 17 heavy (non-hydrogen) atoms. The molecule has 0 saturated carbocycles. The van der Waals surface area contributed by atoms with E-state index in [0.29, 0.717) is 5.56 Å². The summed E-state index contributed by atoms with van der Waals surface area (Å²) in [5.41, 5.74) is 5.58. The minimum Gasteiger partial charge on any atom is -0.502 e. The zero-order chi connectivity index (χ0) is 13.6. The van der Waals surface area contributed by atoms with Crippen LogP contribution in [0.5, 0.6) is 5.75 Å². The van der Waals surface area contributed by atoms with Crippen LogP contribution in [0.4, 0.5) is 5.69 Å². The van der Waals surface area contributed by atoms with Crippen molar-refractivity contribution in [2.75, 3.05) is 0 Å². The lowest BCUT2D eigenvalue weighted by Gasteiger charge is -1.98. The van der Waals surface area contributed by atoms with Crippen molar-refractivity contribution in [1.29, 1.82) is 0 Å². The van der Waals surface area contributed by atoms with Gasteiger partial charge in [-0.3, -0.25) is 19.2 Å². The summed E-state index contributed by atoms with van der Waals surface area (Å²) >= 11 is 0. The molecular formula is C7H10N2O7S. The van der Waals surface area contributed by atoms with E-state index in [1.54, 1.807) is 6.07 Å². The van der Waals surface area contributed by atoms with Crippen LogP contribution < -0.4 is 5.73 Å². The Morgan fingerprint density at radius 3 is 2.18 bits per heavy atom. The molecule has 0 unspecified atom stereocenters. The summed E-state index contributed by atoms with van der Waals surface area (Å²) in [6.45, 7) is 0.223. The topological polar surface area (TPSA) is 164 Å². The van der Waals surface area contributed by atoms with Crippen molar-refractivity contribution in [3.8, 4) is 5.75 Å². The van der Waals surface area contributed by atoms with Gasteiger partial charge in [0.15, 0.2) is 5.75 Å². The van der Waals surface area contributed by atoms with Crippen LogP contribution in [0.15, 0.2) is 18.2 Å². The first kappa shape index (κ1) is 15.2. The first-order chi connectivity index (χ1) is 7.65. The van der Waals surface area contributed by atoms with Gasteiger partial charge >= 0.3 is 16.1 Å². The predicted molar refractivity (Wildman–Crippen MR) is 56.8 cm³/mol. The second-order valence-corrected chi connectivity index (χ2v) is 3.63. The number of nitrogens with zero attached hydrogens (tertiary/aromatic N) is 1. The first-order valence-corrected chi connectivity index (χ1v) is 5.41. The highest BCUT2D eigenvalue weighted by atomic mass is 32.3. The number of nitro benzene ring substituents is 1. The molecule has 0 bridgehead atoms. The molecule has 0 heterocycles. The van der Waals surface area contributed by atoms with Crippen molar-refractivity contribution in [3.05, 3.63) is 33.9 Å². The number of benzene rings is 1. The van der Waals surface area contributed by atoms with Gasteiger partial charge in [0.25, 0.3) is 0 Å². The average Bonchev–Trinajstić information content (AvgIpc) is 2.15. The Balaban J connectivity index is 0.000000437. The van der Waals surface area contributed by atoms with Crippen molar-refractivity contribution in [2.45, 2.75) is 6.54 Å². The van der Waals surface area contributed by atoms with Crippen LogP contribution in [0.3, 0.4) is 0 Å². The Kier molecular flexibility index (Phi) is 5.47. The predicted octanol–water partition coefficient (Wildman–Crippen LogP) is 0.106. The molecule has 0 amide bonds. The van der Waals surface area contributed by atoms with E-state index in [9.17, 15) is 10.1 Å². The number of phenols is 1. The summed E-state index contributed by atoms with van der Waals surface area (Å²) in [5, 5.41) is 19.3. The van der Waals surface area contributed by atoms with Crippen LogP contribution in [0, 0.1) is 10.1 Å². The summed E-state index contributed by atoms with van der Waals surface area (Å²) in [4.78, 5) is 9.65. The first-order valence-electron chi connectivity index (χ1n) is 4.01. The summed E-state index contributed by atoms with van der Waals surface area (Å²) in [7, 11) is -4.67. The molecule has 9 nitrogen and oxygen atoms in total. The molecule has 0 aliphatic heterocycles. The van der Waals surface area contributed by atoms with Crippen LogP contribution in [-0.4, -0.2) is 27.6 Å². The fraction of sp³-hybridized carbons (Fsp3) is 0.143. The van der Waals surface area contributed by atoms with Gasteiger partial charge in [-0.05, 0) is 11.6 Å². The van der Waals surface area contributed by atoms with Crippen LogP contribution >= 0.6 is 0 Å². The Bertz CT molecular complexity index is 491. The Labute approximate surface area is 96.2 Å². The molecule has 0 aliphatic rings. The molecule has 0 atom stereocenters. The number of nitrogens with two attached hydrogens (primary N) is 1. The fourth-order valence-electron chi connectivity index (χ4n) is 0.842. The number of rotatable bonds is 2. The monoisotopic (exact) mass is 266 g/mol. The Morgan fingerprint density at radius 1 is 1.35 bits per heavy atom. The van der Waals surface area contributed by atoms with Crippen molar-refractivity contribution in [1.82, 2.24) is 0 Å². The highest BCUT2D eigenvalue weighted by Gasteiger charge is 2.12. The molecule has 96 valence electrons. The van der Waals surface area contributed by atoms with E-state index in [2.05, 4.69) is 0 Å². The smallest absolute Gasteiger partial charge is 0.394 e. The highest BCUT2D eigenvalue weighted by Crippen LogP contribution is 2.25. The van der Waals surface area contributed by atoms with Crippen LogP contribution in [-0.2, 0) is 16.9 Å². The van der Waals surface area contributed by atoms with Gasteiger partial charge in [0.05, 0.1) is 4.92 Å². The van der Waals surface area contributed by atoms with E-state index in [1.165, 1.54) is 12.1 Å². The SMILES string of the molecule is NCc1ccc(O)c([N+](=O)[O-])c1.O=S(=O)(O)O. The maximum atomic E-state index is 10.3. The molecule has 1 rings (SSSR count). The maximum Gasteiger partial charge on any atom is 0.394 e. The fourth-order valence-corrected chi connectivity index (χ4v) is 0.842. The molecule has 0 radical (unpaired) electrons. The number of hydrogen-bond donors (Lipinski definition) is 4. The van der Waals surface area contributed by atoms with Gasteiger partial charge < -0.3 is 10.8 Å². The number of nitro groups is 1.